The fraction of sp³-hybridized carbons (Fsp3) is 0.263. The highest BCUT2D eigenvalue weighted by molar-refractivity contribution is 7.90. The number of phenolic OH excluding ortho intramolecular Hbond substituents is 1. The second-order valence-corrected chi connectivity index (χ2v) is 8.03. The van der Waals surface area contributed by atoms with Gasteiger partial charge in [0.05, 0.1) is 12.0 Å². The van der Waals surface area contributed by atoms with Gasteiger partial charge in [-0.05, 0) is 23.3 Å². The van der Waals surface area contributed by atoms with Crippen molar-refractivity contribution in [1.82, 2.24) is 5.32 Å². The predicted octanol–water partition coefficient (Wildman–Crippen LogP) is 1.81. The number of alkyl carbamates (subject to hydrolysis) is 1. The summed E-state index contributed by atoms with van der Waals surface area (Å²) in [5.41, 5.74) is 1.02. The Bertz CT molecular complexity index is 942. The van der Waals surface area contributed by atoms with Crippen LogP contribution in [0.5, 0.6) is 5.75 Å². The molecule has 1 amide bonds. The third kappa shape index (κ3) is 5.98. The molecule has 0 saturated carbocycles. The van der Waals surface area contributed by atoms with Crippen LogP contribution in [-0.4, -0.2) is 45.0 Å². The van der Waals surface area contributed by atoms with E-state index in [0.29, 0.717) is 0 Å². The van der Waals surface area contributed by atoms with E-state index in [1.165, 1.54) is 12.1 Å². The molecule has 0 aliphatic rings. The van der Waals surface area contributed by atoms with E-state index in [9.17, 15) is 23.1 Å². The largest absolute Gasteiger partial charge is 0.508 e. The van der Waals surface area contributed by atoms with Crippen molar-refractivity contribution in [1.29, 1.82) is 0 Å². The van der Waals surface area contributed by atoms with Gasteiger partial charge < -0.3 is 19.9 Å². The highest BCUT2D eigenvalue weighted by atomic mass is 32.2. The van der Waals surface area contributed by atoms with E-state index in [2.05, 4.69) is 10.1 Å². The number of ether oxygens (including phenoxy) is 2. The number of benzene rings is 2. The van der Waals surface area contributed by atoms with Gasteiger partial charge in [0, 0.05) is 12.7 Å². The van der Waals surface area contributed by atoms with Gasteiger partial charge >= 0.3 is 12.1 Å². The normalized spacial score (nSPS) is 12.1. The number of hydrogen-bond donors (Lipinski definition) is 2. The summed E-state index contributed by atoms with van der Waals surface area (Å²) in [4.78, 5) is 24.0. The van der Waals surface area contributed by atoms with Gasteiger partial charge in [-0.2, -0.15) is 0 Å². The van der Waals surface area contributed by atoms with E-state index in [1.807, 2.05) is 6.07 Å². The molecule has 0 saturated heterocycles. The van der Waals surface area contributed by atoms with Gasteiger partial charge in [-0.25, -0.2) is 18.0 Å². The molecular formula is C19H21NO7S. The van der Waals surface area contributed by atoms with Crippen molar-refractivity contribution in [2.75, 3.05) is 13.4 Å². The second kappa shape index (κ2) is 9.23. The highest BCUT2D eigenvalue weighted by Gasteiger charge is 2.26. The topological polar surface area (TPSA) is 119 Å². The lowest BCUT2D eigenvalue weighted by molar-refractivity contribution is -0.143. The summed E-state index contributed by atoms with van der Waals surface area (Å²) in [5, 5.41) is 12.0. The standard InChI is InChI=1S/C19H21NO7S/c1-26-18(22)16(20-19(23)27-12-13-6-4-3-5-7-13)10-14-8-9-15(21)11-17(14)28(2,24)25/h3-9,11,16,21H,10,12H2,1-2H3,(H,20,23)/t16-/m0/s1. The quantitative estimate of drug-likeness (QED) is 0.672. The number of esters is 1. The summed E-state index contributed by atoms with van der Waals surface area (Å²) in [6, 6.07) is 11.6. The third-order valence-corrected chi connectivity index (χ3v) is 5.04. The maximum absolute atomic E-state index is 12.1. The van der Waals surface area contributed by atoms with E-state index in [4.69, 9.17) is 4.74 Å². The molecule has 0 unspecified atom stereocenters. The number of nitrogens with one attached hydrogen (secondary N) is 1. The van der Waals surface area contributed by atoms with Crippen molar-refractivity contribution < 1.29 is 32.6 Å². The first kappa shape index (κ1) is 21.2. The molecule has 9 heteroatoms. The van der Waals surface area contributed by atoms with Crippen molar-refractivity contribution in [3.05, 3.63) is 59.7 Å². The molecular weight excluding hydrogens is 386 g/mol. The Kier molecular flexibility index (Phi) is 7.00. The smallest absolute Gasteiger partial charge is 0.408 e. The Labute approximate surface area is 163 Å². The minimum Gasteiger partial charge on any atom is -0.508 e. The SMILES string of the molecule is COC(=O)[C@H](Cc1ccc(O)cc1S(C)(=O)=O)NC(=O)OCc1ccccc1. The first-order chi connectivity index (χ1) is 13.2. The minimum atomic E-state index is -3.66. The molecule has 150 valence electrons. The zero-order valence-corrected chi connectivity index (χ0v) is 16.2. The van der Waals surface area contributed by atoms with Gasteiger partial charge in [0.1, 0.15) is 18.4 Å². The van der Waals surface area contributed by atoms with E-state index < -0.39 is 27.9 Å². The molecule has 2 N–H and O–H groups in total. The first-order valence-corrected chi connectivity index (χ1v) is 10.2. The Morgan fingerprint density at radius 3 is 2.43 bits per heavy atom. The zero-order valence-electron chi connectivity index (χ0n) is 15.4. The molecule has 1 atom stereocenters. The first-order valence-electron chi connectivity index (χ1n) is 8.27. The van der Waals surface area contributed by atoms with Crippen LogP contribution in [0.15, 0.2) is 53.4 Å². The minimum absolute atomic E-state index is 0.00830. The maximum Gasteiger partial charge on any atom is 0.408 e. The lowest BCUT2D eigenvalue weighted by Gasteiger charge is -2.18. The van der Waals surface area contributed by atoms with E-state index in [0.717, 1.165) is 25.0 Å². The average molecular weight is 407 g/mol. The van der Waals surface area contributed by atoms with Gasteiger partial charge in [-0.1, -0.05) is 36.4 Å². The number of carbonyl (C=O) groups is 2. The average Bonchev–Trinajstić information content (AvgIpc) is 2.66. The van der Waals surface area contributed by atoms with Gasteiger partial charge in [-0.15, -0.1) is 0 Å². The molecule has 0 heterocycles. The number of carbonyl (C=O) groups excluding carboxylic acids is 2. The number of rotatable bonds is 7. The molecule has 2 aromatic carbocycles. The Morgan fingerprint density at radius 2 is 1.82 bits per heavy atom. The van der Waals surface area contributed by atoms with E-state index in [-0.39, 0.29) is 29.2 Å². The van der Waals surface area contributed by atoms with Crippen LogP contribution < -0.4 is 5.32 Å². The van der Waals surface area contributed by atoms with Gasteiger partial charge in [0.2, 0.25) is 0 Å². The van der Waals surface area contributed by atoms with Crippen LogP contribution in [-0.2, 0) is 37.1 Å². The molecule has 8 nitrogen and oxygen atoms in total. The van der Waals surface area contributed by atoms with Crippen molar-refractivity contribution >= 4 is 21.9 Å². The molecule has 0 fully saturated rings. The monoisotopic (exact) mass is 407 g/mol. The fourth-order valence-electron chi connectivity index (χ4n) is 2.52. The molecule has 0 bridgehead atoms. The molecule has 2 aromatic rings. The predicted molar refractivity (Wildman–Crippen MR) is 100 cm³/mol. The van der Waals surface area contributed by atoms with Crippen LogP contribution in [0, 0.1) is 0 Å². The van der Waals surface area contributed by atoms with Crippen LogP contribution >= 0.6 is 0 Å². The summed E-state index contributed by atoms with van der Waals surface area (Å²) in [7, 11) is -2.51. The summed E-state index contributed by atoms with van der Waals surface area (Å²) in [6.45, 7) is 0.00830. The van der Waals surface area contributed by atoms with Crippen LogP contribution in [0.1, 0.15) is 11.1 Å². The Morgan fingerprint density at radius 1 is 1.14 bits per heavy atom. The molecule has 0 radical (unpaired) electrons. The van der Waals surface area contributed by atoms with E-state index in [1.54, 1.807) is 24.3 Å². The second-order valence-electron chi connectivity index (χ2n) is 6.05. The van der Waals surface area contributed by atoms with Gasteiger partial charge in [-0.3, -0.25) is 0 Å². The van der Waals surface area contributed by atoms with Crippen molar-refractivity contribution in [2.45, 2.75) is 24.0 Å². The van der Waals surface area contributed by atoms with Crippen LogP contribution in [0.4, 0.5) is 4.79 Å². The van der Waals surface area contributed by atoms with Gasteiger partial charge in [0.25, 0.3) is 0 Å². The zero-order chi connectivity index (χ0) is 20.7. The van der Waals surface area contributed by atoms with Crippen LogP contribution in [0.25, 0.3) is 0 Å². The summed E-state index contributed by atoms with van der Waals surface area (Å²) in [6.07, 6.45) is -0.0191. The number of hydrogen-bond acceptors (Lipinski definition) is 7. The lowest BCUT2D eigenvalue weighted by atomic mass is 10.1. The number of phenols is 1. The Hall–Kier alpha value is -3.07. The van der Waals surface area contributed by atoms with Crippen molar-refractivity contribution in [2.24, 2.45) is 0 Å². The number of aromatic hydroxyl groups is 1. The van der Waals surface area contributed by atoms with Crippen molar-refractivity contribution in [3.63, 3.8) is 0 Å². The van der Waals surface area contributed by atoms with Crippen LogP contribution in [0.2, 0.25) is 0 Å². The number of methoxy groups -OCH3 is 1. The molecule has 0 spiro atoms. The van der Waals surface area contributed by atoms with Crippen LogP contribution in [0.3, 0.4) is 0 Å². The highest BCUT2D eigenvalue weighted by Crippen LogP contribution is 2.23. The molecule has 2 rings (SSSR count). The molecule has 0 aliphatic carbocycles. The summed E-state index contributed by atoms with van der Waals surface area (Å²) < 4.78 is 33.7. The van der Waals surface area contributed by atoms with Crippen molar-refractivity contribution in [3.8, 4) is 5.75 Å². The van der Waals surface area contributed by atoms with E-state index >= 15 is 0 Å². The maximum atomic E-state index is 12.1. The lowest BCUT2D eigenvalue weighted by Crippen LogP contribution is -2.43. The molecule has 28 heavy (non-hydrogen) atoms. The molecule has 0 aromatic heterocycles. The van der Waals surface area contributed by atoms with Gasteiger partial charge in [0.15, 0.2) is 9.84 Å². The third-order valence-electron chi connectivity index (χ3n) is 3.86. The molecule has 0 aliphatic heterocycles. The number of amides is 1. The summed E-state index contributed by atoms with van der Waals surface area (Å²) >= 11 is 0. The Balaban J connectivity index is 2.14. The number of sulfone groups is 1. The fourth-order valence-corrected chi connectivity index (χ4v) is 3.48. The summed E-state index contributed by atoms with van der Waals surface area (Å²) in [5.74, 6) is -0.988.